The Morgan fingerprint density at radius 3 is 1.10 bits per heavy atom. The van der Waals surface area contributed by atoms with E-state index in [4.69, 9.17) is 53.7 Å². The van der Waals surface area contributed by atoms with E-state index in [-0.39, 0.29) is 87.1 Å². The summed E-state index contributed by atoms with van der Waals surface area (Å²) in [6, 6.07) is 2.55. The second-order valence-electron chi connectivity index (χ2n) is 40.2. The van der Waals surface area contributed by atoms with Crippen molar-refractivity contribution in [2.24, 2.45) is 41.4 Å². The van der Waals surface area contributed by atoms with Gasteiger partial charge < -0.3 is 54.6 Å². The molecule has 9 rings (SSSR count). The standard InChI is InChI=1S/2C17H30F3N3OSi.C14H30O4SSi.C13H28O2Si.C10H18O2.C9H16O3.C4H4F3N3/c1-16(2,3)25(4,5)24-13-8-6-12(7-9-13)11-23-14(17(18,19)20)10-15(21)22-23;1-16(2,3)25(4,5)24-13-8-6-12(7-9-13)11-23-15(21)10-14(22-23)17(18,19)20;1-14(2,3)20(5,6)18-13-9-7-12(8-10-13)11-17-19(4,15)16;1-13(2,3)16(4,5)15-12-8-6-11(10-14)7-9-12;1-3-12-10(11)9-6-4-8(2)5-7-9;1-2-12-9(11)7-3-5-8(10)6-4-7;5-4(6,7)2-1-3(8)10-9-2/h10,12-13H,6-9,11H2,1-5H3,(H2,21,22);10,12-13H,6-9,11,21H2,1-5H3;12-13H,7-11H2,1-6H3;11-12,14H,6-10H2,1-5H3;8-9H,3-7H2,1-2H3;7-8,10H,2-6H2,1H3;1H,(H3,8,9,10). The van der Waals surface area contributed by atoms with Gasteiger partial charge in [-0.05, 0) is 270 Å². The first-order valence-corrected chi connectivity index (χ1v) is 57.0. The molecule has 0 unspecified atom stereocenters. The van der Waals surface area contributed by atoms with Gasteiger partial charge in [0.1, 0.15) is 28.8 Å². The molecule has 0 aliphatic heterocycles. The molecule has 3 heterocycles. The number of rotatable bonds is 20. The Labute approximate surface area is 717 Å². The molecular weight excluding hydrogens is 1660 g/mol. The number of alkyl halides is 9. The van der Waals surface area contributed by atoms with Crippen molar-refractivity contribution in [1.82, 2.24) is 29.8 Å². The van der Waals surface area contributed by atoms with Gasteiger partial charge in [0.05, 0.1) is 44.0 Å². The fourth-order valence-corrected chi connectivity index (χ4v) is 20.3. The first-order valence-electron chi connectivity index (χ1n) is 43.6. The van der Waals surface area contributed by atoms with Crippen molar-refractivity contribution in [3.05, 3.63) is 35.3 Å². The Morgan fingerprint density at radius 2 is 0.817 bits per heavy atom. The number of aliphatic hydroxyl groups is 2. The van der Waals surface area contributed by atoms with Crippen LogP contribution in [0.1, 0.15) is 275 Å². The minimum atomic E-state index is -4.45. The number of carbonyl (C=O) groups is 2. The number of anilines is 3. The molecule has 0 radical (unpaired) electrons. The summed E-state index contributed by atoms with van der Waals surface area (Å²) >= 11 is 0. The van der Waals surface area contributed by atoms with Crippen molar-refractivity contribution in [2.45, 2.75) is 393 Å². The third kappa shape index (κ3) is 39.0. The van der Waals surface area contributed by atoms with E-state index in [1.54, 1.807) is 5.10 Å². The van der Waals surface area contributed by atoms with Crippen molar-refractivity contribution < 1.29 is 99.1 Å². The lowest BCUT2D eigenvalue weighted by Crippen LogP contribution is -2.44. The van der Waals surface area contributed by atoms with E-state index in [2.05, 4.69) is 158 Å². The Balaban J connectivity index is 0.000000370. The minimum absolute atomic E-state index is 0.0180. The van der Waals surface area contributed by atoms with E-state index >= 15 is 0 Å². The maximum absolute atomic E-state index is 13.0. The van der Waals surface area contributed by atoms with E-state index in [0.29, 0.717) is 68.0 Å². The monoisotopic (exact) mass is 1810 g/mol. The number of hydrogen-bond donors (Lipinski definition) is 6. The summed E-state index contributed by atoms with van der Waals surface area (Å²) < 4.78 is 177. The van der Waals surface area contributed by atoms with Crippen molar-refractivity contribution >= 4 is 72.8 Å². The molecule has 0 atom stereocenters. The Kier molecular flexibility index (Phi) is 43.2. The molecule has 0 spiro atoms. The van der Waals surface area contributed by atoms with Crippen LogP contribution in [0.15, 0.2) is 18.2 Å². The third-order valence-corrected chi connectivity index (χ3v) is 44.6. The molecule has 0 amide bonds. The van der Waals surface area contributed by atoms with Gasteiger partial charge in [0.15, 0.2) is 39.0 Å². The molecule has 3 aromatic heterocycles. The molecule has 0 saturated heterocycles. The Bertz CT molecular complexity index is 3530. The summed E-state index contributed by atoms with van der Waals surface area (Å²) in [7, 11) is -10.2. The zero-order chi connectivity index (χ0) is 91.8. The third-order valence-electron chi connectivity index (χ3n) is 25.9. The van der Waals surface area contributed by atoms with Gasteiger partial charge in [-0.1, -0.05) is 90.0 Å². The molecule has 6 fully saturated rings. The highest BCUT2D eigenvalue weighted by Gasteiger charge is 2.45. The van der Waals surface area contributed by atoms with E-state index in [9.17, 15) is 62.6 Å². The predicted octanol–water partition coefficient (Wildman–Crippen LogP) is 21.7. The SMILES string of the molecule is CC(C)(C)[Si](C)(C)OC1CCC(CO)CC1.CC(C)(C)[Si](C)(C)OC1CCC(COS(C)(=O)=O)CC1.CC(C)(C)[Si](C)(C)OC1CCC(Cn2nc(C(F)(F)F)cc2N)CC1.CC(C)(C)[Si](C)(C)OC1CCC(Cn2nc(N)cc2C(F)(F)F)CC1.CCOC(=O)C1CCC(C)CC1.CCOC(=O)C1CCC(O)CC1.Nc1cc(C(F)(F)F)[nH]n1. The molecule has 6 saturated carbocycles. The molecule has 120 heavy (non-hydrogen) atoms. The second-order valence-corrected chi connectivity index (χ2v) is 60.9. The molecule has 6 aliphatic rings. The number of nitrogens with one attached hydrogen (secondary N) is 1. The number of nitrogen functional groups attached to an aromatic ring is 3. The molecule has 0 aromatic carbocycles. The topological polar surface area (TPSA) is 316 Å². The summed E-state index contributed by atoms with van der Waals surface area (Å²) in [4.78, 5) is 22.5. The first-order chi connectivity index (χ1) is 54.7. The maximum Gasteiger partial charge on any atom is 0.435 e. The van der Waals surface area contributed by atoms with Crippen LogP contribution >= 0.6 is 0 Å². The molecule has 22 nitrogen and oxygen atoms in total. The maximum atomic E-state index is 13.0. The average molecular weight is 1820 g/mol. The molecule has 36 heteroatoms. The van der Waals surface area contributed by atoms with Crippen molar-refractivity contribution in [3.8, 4) is 0 Å². The number of nitrogens with zero attached hydrogens (tertiary/aromatic N) is 5. The van der Waals surface area contributed by atoms with Crippen LogP contribution in [0.2, 0.25) is 72.5 Å². The van der Waals surface area contributed by atoms with Crippen molar-refractivity contribution in [2.75, 3.05) is 49.9 Å². The number of aromatic amines is 1. The molecule has 0 bridgehead atoms. The molecular formula is C84H156F9N9O13SSi4. The highest BCUT2D eigenvalue weighted by Crippen LogP contribution is 2.45. The van der Waals surface area contributed by atoms with Crippen LogP contribution in [-0.2, 0) is 82.7 Å². The van der Waals surface area contributed by atoms with Crippen LogP contribution in [0.25, 0.3) is 0 Å². The lowest BCUT2D eigenvalue weighted by Gasteiger charge is -2.41. The van der Waals surface area contributed by atoms with Crippen molar-refractivity contribution in [1.29, 1.82) is 0 Å². The lowest BCUT2D eigenvalue weighted by atomic mass is 9.83. The largest absolute Gasteiger partial charge is 0.466 e. The zero-order valence-corrected chi connectivity index (χ0v) is 81.9. The van der Waals surface area contributed by atoms with E-state index < -0.39 is 79.0 Å². The van der Waals surface area contributed by atoms with Gasteiger partial charge >= 0.3 is 30.5 Å². The van der Waals surface area contributed by atoms with Crippen LogP contribution in [0, 0.1) is 41.4 Å². The fraction of sp³-hybridized carbons (Fsp3) is 0.869. The average Bonchev–Trinajstić information content (AvgIpc) is 1.77. The number of aliphatic hydroxyl groups excluding tert-OH is 2. The van der Waals surface area contributed by atoms with Gasteiger partial charge in [0.2, 0.25) is 0 Å². The fourth-order valence-electron chi connectivity index (χ4n) is 14.1. The smallest absolute Gasteiger partial charge is 0.435 e. The Hall–Kier alpha value is -4.12. The summed E-state index contributed by atoms with van der Waals surface area (Å²) in [5.74, 6) is 2.14. The number of nitrogens with two attached hydrogens (primary N) is 3. The number of ether oxygens (including phenoxy) is 2. The summed E-state index contributed by atoms with van der Waals surface area (Å²) in [6.45, 7) is 53.4. The van der Waals surface area contributed by atoms with Crippen LogP contribution < -0.4 is 17.2 Å². The van der Waals surface area contributed by atoms with Gasteiger partial charge in [-0.15, -0.1) is 0 Å². The second kappa shape index (κ2) is 47.1. The van der Waals surface area contributed by atoms with Crippen LogP contribution in [0.4, 0.5) is 57.0 Å². The highest BCUT2D eigenvalue weighted by atomic mass is 32.2. The Morgan fingerprint density at radius 1 is 0.475 bits per heavy atom. The van der Waals surface area contributed by atoms with Gasteiger partial charge in [0.25, 0.3) is 10.1 Å². The summed E-state index contributed by atoms with van der Waals surface area (Å²) in [5, 5.41) is 31.5. The van der Waals surface area contributed by atoms with Gasteiger partial charge in [-0.3, -0.25) is 23.6 Å². The molecule has 9 N–H and O–H groups in total. The lowest BCUT2D eigenvalue weighted by molar-refractivity contribution is -0.150. The number of halogens is 9. The number of carbonyl (C=O) groups excluding carboxylic acids is 2. The van der Waals surface area contributed by atoms with E-state index in [1.807, 2.05) is 13.8 Å². The van der Waals surface area contributed by atoms with E-state index in [0.717, 1.165) is 176 Å². The van der Waals surface area contributed by atoms with Crippen LogP contribution in [-0.4, -0.2) is 157 Å². The van der Waals surface area contributed by atoms with Crippen LogP contribution in [0.3, 0.4) is 0 Å². The number of esters is 2. The molecule has 6 aliphatic carbocycles. The number of aromatic nitrogens is 6. The zero-order valence-electron chi connectivity index (χ0n) is 77.0. The van der Waals surface area contributed by atoms with E-state index in [1.165, 1.54) is 17.5 Å². The van der Waals surface area contributed by atoms with Crippen molar-refractivity contribution in [3.63, 3.8) is 0 Å². The van der Waals surface area contributed by atoms with Gasteiger partial charge in [-0.25, -0.2) is 4.68 Å². The predicted molar refractivity (Wildman–Crippen MR) is 468 cm³/mol. The highest BCUT2D eigenvalue weighted by molar-refractivity contribution is 7.86. The summed E-state index contributed by atoms with van der Waals surface area (Å²) in [6.07, 6.45) is 12.2. The first kappa shape index (κ1) is 110. The normalized spacial score (nSPS) is 24.6. The number of hydrogen-bond acceptors (Lipinski definition) is 19. The number of H-pyrrole nitrogens is 1. The van der Waals surface area contributed by atoms with Gasteiger partial charge in [-0.2, -0.15) is 63.2 Å². The molecule has 700 valence electrons. The quantitative estimate of drug-likeness (QED) is 0.0265. The van der Waals surface area contributed by atoms with Gasteiger partial charge in [0, 0.05) is 62.3 Å². The molecule has 3 aromatic rings. The minimum Gasteiger partial charge on any atom is -0.466 e. The van der Waals surface area contributed by atoms with Crippen LogP contribution in [0.5, 0.6) is 0 Å². The summed E-state index contributed by atoms with van der Waals surface area (Å²) in [5.41, 5.74) is 13.5.